The van der Waals surface area contributed by atoms with E-state index in [0.717, 1.165) is 12.2 Å². The summed E-state index contributed by atoms with van der Waals surface area (Å²) in [7, 11) is 0. The molecular formula is C13H19N3O2. The van der Waals surface area contributed by atoms with Crippen LogP contribution in [0.1, 0.15) is 38.4 Å². The van der Waals surface area contributed by atoms with Crippen LogP contribution in [0.15, 0.2) is 18.6 Å². The van der Waals surface area contributed by atoms with E-state index in [1.54, 1.807) is 18.6 Å². The van der Waals surface area contributed by atoms with Gasteiger partial charge in [0.1, 0.15) is 0 Å². The molecule has 0 spiro atoms. The number of rotatable bonds is 3. The van der Waals surface area contributed by atoms with Crippen LogP contribution >= 0.6 is 0 Å². The fourth-order valence-corrected chi connectivity index (χ4v) is 2.69. The maximum Gasteiger partial charge on any atom is 0.306 e. The van der Waals surface area contributed by atoms with Crippen LogP contribution in [0.4, 0.5) is 0 Å². The third kappa shape index (κ3) is 2.67. The van der Waals surface area contributed by atoms with Crippen molar-refractivity contribution >= 4 is 5.97 Å². The molecule has 0 radical (unpaired) electrons. The highest BCUT2D eigenvalue weighted by Gasteiger charge is 2.32. The molecule has 2 rings (SSSR count). The topological polar surface area (TPSA) is 66.3 Å². The summed E-state index contributed by atoms with van der Waals surface area (Å²) >= 11 is 0. The first kappa shape index (κ1) is 13.0. The van der Waals surface area contributed by atoms with Crippen LogP contribution in [0.2, 0.25) is 0 Å². The van der Waals surface area contributed by atoms with Gasteiger partial charge in [-0.2, -0.15) is 0 Å². The molecule has 0 aliphatic carbocycles. The minimum Gasteiger partial charge on any atom is -0.481 e. The van der Waals surface area contributed by atoms with Crippen molar-refractivity contribution in [2.45, 2.75) is 38.8 Å². The highest BCUT2D eigenvalue weighted by Crippen LogP contribution is 2.29. The van der Waals surface area contributed by atoms with Crippen LogP contribution in [0.25, 0.3) is 0 Å². The molecule has 1 aromatic rings. The van der Waals surface area contributed by atoms with E-state index in [9.17, 15) is 4.79 Å². The molecular weight excluding hydrogens is 230 g/mol. The van der Waals surface area contributed by atoms with Crippen LogP contribution in [-0.4, -0.2) is 38.5 Å². The maximum absolute atomic E-state index is 11.0. The fourth-order valence-electron chi connectivity index (χ4n) is 2.69. The molecule has 98 valence electrons. The Morgan fingerprint density at radius 3 is 2.89 bits per heavy atom. The zero-order chi connectivity index (χ0) is 13.1. The van der Waals surface area contributed by atoms with Gasteiger partial charge in [-0.05, 0) is 33.2 Å². The van der Waals surface area contributed by atoms with Crippen LogP contribution in [0.3, 0.4) is 0 Å². The van der Waals surface area contributed by atoms with E-state index in [2.05, 4.69) is 28.7 Å². The number of carboxylic acid groups (broad SMARTS) is 1. The standard InChI is InChI=1S/C13H19N3O2/c1-9-7-11(13(17)18)3-6-16(9)10(2)12-8-14-4-5-15-12/h4-5,8-11H,3,6-7H2,1-2H3,(H,17,18). The number of hydrogen-bond donors (Lipinski definition) is 1. The van der Waals surface area contributed by atoms with Gasteiger partial charge in [0.05, 0.1) is 17.7 Å². The minimum atomic E-state index is -0.673. The summed E-state index contributed by atoms with van der Waals surface area (Å²) < 4.78 is 0. The lowest BCUT2D eigenvalue weighted by molar-refractivity contribution is -0.144. The predicted octanol–water partition coefficient (Wildman–Crippen LogP) is 1.72. The minimum absolute atomic E-state index is 0.184. The predicted molar refractivity (Wildman–Crippen MR) is 67.0 cm³/mol. The summed E-state index contributed by atoms with van der Waals surface area (Å²) in [6.45, 7) is 4.99. The van der Waals surface area contributed by atoms with Gasteiger partial charge in [-0.3, -0.25) is 19.7 Å². The van der Waals surface area contributed by atoms with Crippen LogP contribution in [0, 0.1) is 5.92 Å². The molecule has 1 aliphatic rings. The van der Waals surface area contributed by atoms with E-state index in [1.807, 2.05) is 0 Å². The lowest BCUT2D eigenvalue weighted by atomic mass is 9.90. The molecule has 0 saturated carbocycles. The molecule has 1 aliphatic heterocycles. The van der Waals surface area contributed by atoms with Crippen molar-refractivity contribution in [1.82, 2.24) is 14.9 Å². The Kier molecular flexibility index (Phi) is 3.91. The Labute approximate surface area is 107 Å². The molecule has 3 atom stereocenters. The first-order chi connectivity index (χ1) is 8.59. The largest absolute Gasteiger partial charge is 0.481 e. The first-order valence-corrected chi connectivity index (χ1v) is 6.34. The van der Waals surface area contributed by atoms with E-state index >= 15 is 0 Å². The number of carboxylic acids is 1. The summed E-state index contributed by atoms with van der Waals surface area (Å²) in [6, 6.07) is 0.445. The molecule has 0 bridgehead atoms. The number of hydrogen-bond acceptors (Lipinski definition) is 4. The molecule has 5 heteroatoms. The van der Waals surface area contributed by atoms with Crippen LogP contribution in [0.5, 0.6) is 0 Å². The summed E-state index contributed by atoms with van der Waals surface area (Å²) in [5, 5.41) is 9.06. The second-order valence-corrected chi connectivity index (χ2v) is 4.95. The molecule has 1 N–H and O–H groups in total. The molecule has 0 aromatic carbocycles. The zero-order valence-corrected chi connectivity index (χ0v) is 10.8. The van der Waals surface area contributed by atoms with Gasteiger partial charge < -0.3 is 5.11 Å². The van der Waals surface area contributed by atoms with Crippen LogP contribution < -0.4 is 0 Å². The maximum atomic E-state index is 11.0. The second-order valence-electron chi connectivity index (χ2n) is 4.95. The third-order valence-corrected chi connectivity index (χ3v) is 3.79. The number of aliphatic carboxylic acids is 1. The van der Waals surface area contributed by atoms with E-state index < -0.39 is 5.97 Å². The molecule has 3 unspecified atom stereocenters. The molecule has 5 nitrogen and oxygen atoms in total. The van der Waals surface area contributed by atoms with Crippen molar-refractivity contribution in [3.8, 4) is 0 Å². The molecule has 1 fully saturated rings. The Morgan fingerprint density at radius 2 is 2.33 bits per heavy atom. The van der Waals surface area contributed by atoms with Gasteiger partial charge >= 0.3 is 5.97 Å². The Morgan fingerprint density at radius 1 is 1.56 bits per heavy atom. The Balaban J connectivity index is 2.05. The van der Waals surface area contributed by atoms with Crippen molar-refractivity contribution in [3.63, 3.8) is 0 Å². The number of aromatic nitrogens is 2. The molecule has 18 heavy (non-hydrogen) atoms. The van der Waals surface area contributed by atoms with Gasteiger partial charge in [-0.25, -0.2) is 0 Å². The third-order valence-electron chi connectivity index (χ3n) is 3.79. The Hall–Kier alpha value is -1.49. The quantitative estimate of drug-likeness (QED) is 0.883. The highest BCUT2D eigenvalue weighted by molar-refractivity contribution is 5.70. The van der Waals surface area contributed by atoms with Crippen molar-refractivity contribution in [2.24, 2.45) is 5.92 Å². The fraction of sp³-hybridized carbons (Fsp3) is 0.615. The summed E-state index contributed by atoms with van der Waals surface area (Å²) in [5.41, 5.74) is 0.943. The van der Waals surface area contributed by atoms with Crippen molar-refractivity contribution in [2.75, 3.05) is 6.54 Å². The van der Waals surface area contributed by atoms with Gasteiger partial charge in [0.2, 0.25) is 0 Å². The van der Waals surface area contributed by atoms with Gasteiger partial charge in [-0.1, -0.05) is 0 Å². The lowest BCUT2D eigenvalue weighted by Crippen LogP contribution is -2.44. The average molecular weight is 249 g/mol. The summed E-state index contributed by atoms with van der Waals surface area (Å²) in [6.07, 6.45) is 6.56. The monoisotopic (exact) mass is 249 g/mol. The SMILES string of the molecule is CC1CC(C(=O)O)CCN1C(C)c1cnccn1. The second kappa shape index (κ2) is 5.44. The first-order valence-electron chi connectivity index (χ1n) is 6.34. The molecule has 2 heterocycles. The van der Waals surface area contributed by atoms with E-state index in [1.165, 1.54) is 0 Å². The molecule has 0 amide bonds. The lowest BCUT2D eigenvalue weighted by Gasteiger charge is -2.39. The number of nitrogens with zero attached hydrogens (tertiary/aromatic N) is 3. The van der Waals surface area contributed by atoms with Gasteiger partial charge in [-0.15, -0.1) is 0 Å². The van der Waals surface area contributed by atoms with E-state index in [-0.39, 0.29) is 18.0 Å². The van der Waals surface area contributed by atoms with Crippen LogP contribution in [-0.2, 0) is 4.79 Å². The van der Waals surface area contributed by atoms with Gasteiger partial charge in [0, 0.05) is 24.6 Å². The van der Waals surface area contributed by atoms with Gasteiger partial charge in [0.25, 0.3) is 0 Å². The highest BCUT2D eigenvalue weighted by atomic mass is 16.4. The molecule has 1 aromatic heterocycles. The summed E-state index contributed by atoms with van der Waals surface area (Å²) in [4.78, 5) is 21.7. The summed E-state index contributed by atoms with van der Waals surface area (Å²) in [5.74, 6) is -0.876. The number of piperidine rings is 1. The van der Waals surface area contributed by atoms with Crippen molar-refractivity contribution in [1.29, 1.82) is 0 Å². The number of likely N-dealkylation sites (tertiary alicyclic amines) is 1. The van der Waals surface area contributed by atoms with Gasteiger partial charge in [0.15, 0.2) is 0 Å². The zero-order valence-electron chi connectivity index (χ0n) is 10.8. The van der Waals surface area contributed by atoms with Crippen molar-refractivity contribution < 1.29 is 9.90 Å². The smallest absolute Gasteiger partial charge is 0.306 e. The molecule has 1 saturated heterocycles. The average Bonchev–Trinajstić information content (AvgIpc) is 2.38. The number of carbonyl (C=O) groups is 1. The van der Waals surface area contributed by atoms with E-state index in [0.29, 0.717) is 12.8 Å². The Bertz CT molecular complexity index is 410. The van der Waals surface area contributed by atoms with E-state index in [4.69, 9.17) is 5.11 Å². The van der Waals surface area contributed by atoms with Crippen molar-refractivity contribution in [3.05, 3.63) is 24.3 Å². The normalized spacial score (nSPS) is 26.8.